The molecular formula is C8H14F3NO3S. The molecule has 0 unspecified atom stereocenters. The van der Waals surface area contributed by atoms with E-state index in [9.17, 15) is 21.6 Å². The van der Waals surface area contributed by atoms with Crippen LogP contribution in [0, 0.1) is 5.92 Å². The molecule has 0 radical (unpaired) electrons. The molecule has 0 amide bonds. The van der Waals surface area contributed by atoms with Crippen molar-refractivity contribution in [3.63, 3.8) is 0 Å². The molecule has 1 fully saturated rings. The van der Waals surface area contributed by atoms with Gasteiger partial charge in [0.05, 0.1) is 18.3 Å². The molecular weight excluding hydrogens is 247 g/mol. The van der Waals surface area contributed by atoms with E-state index in [2.05, 4.69) is 0 Å². The third kappa shape index (κ3) is 3.33. The Labute approximate surface area is 92.1 Å². The molecule has 1 aliphatic heterocycles. The number of hydrogen-bond acceptors (Lipinski definition) is 3. The molecule has 0 bridgehead atoms. The van der Waals surface area contributed by atoms with Crippen LogP contribution in [0.1, 0.15) is 12.8 Å². The standard InChI is InChI=1S/C8H14F3NO3S/c9-8(10,11)7-1-3-12(4-2-7)16(14,15)6-5-13/h7,13H,1-6H2. The van der Waals surface area contributed by atoms with Crippen molar-refractivity contribution < 1.29 is 26.7 Å². The highest BCUT2D eigenvalue weighted by molar-refractivity contribution is 7.89. The average molecular weight is 261 g/mol. The summed E-state index contributed by atoms with van der Waals surface area (Å²) in [5.74, 6) is -1.84. The summed E-state index contributed by atoms with van der Waals surface area (Å²) >= 11 is 0. The van der Waals surface area contributed by atoms with Crippen LogP contribution in [0.3, 0.4) is 0 Å². The van der Waals surface area contributed by atoms with Gasteiger partial charge in [0.15, 0.2) is 0 Å². The van der Waals surface area contributed by atoms with E-state index in [1.54, 1.807) is 0 Å². The van der Waals surface area contributed by atoms with Gasteiger partial charge in [0, 0.05) is 13.1 Å². The minimum Gasteiger partial charge on any atom is -0.395 e. The zero-order valence-electron chi connectivity index (χ0n) is 8.57. The molecule has 0 atom stereocenters. The molecule has 1 heterocycles. The van der Waals surface area contributed by atoms with E-state index in [1.165, 1.54) is 0 Å². The van der Waals surface area contributed by atoms with E-state index in [1.807, 2.05) is 0 Å². The summed E-state index contributed by atoms with van der Waals surface area (Å²) < 4.78 is 60.8. The van der Waals surface area contributed by atoms with Gasteiger partial charge in [-0.1, -0.05) is 0 Å². The van der Waals surface area contributed by atoms with Gasteiger partial charge in [0.25, 0.3) is 0 Å². The monoisotopic (exact) mass is 261 g/mol. The summed E-state index contributed by atoms with van der Waals surface area (Å²) in [6.45, 7) is -0.749. The van der Waals surface area contributed by atoms with Crippen LogP contribution in [-0.2, 0) is 10.0 Å². The third-order valence-electron chi connectivity index (χ3n) is 2.66. The molecule has 1 rings (SSSR count). The zero-order valence-corrected chi connectivity index (χ0v) is 9.39. The Hall–Kier alpha value is -0.340. The lowest BCUT2D eigenvalue weighted by molar-refractivity contribution is -0.182. The summed E-state index contributed by atoms with van der Waals surface area (Å²) in [5, 5.41) is 8.53. The lowest BCUT2D eigenvalue weighted by Gasteiger charge is -2.31. The predicted molar refractivity (Wildman–Crippen MR) is 51.2 cm³/mol. The maximum atomic E-state index is 12.3. The van der Waals surface area contributed by atoms with Crippen molar-refractivity contribution in [1.82, 2.24) is 4.31 Å². The zero-order chi connectivity index (χ0) is 12.4. The highest BCUT2D eigenvalue weighted by Crippen LogP contribution is 2.34. The predicted octanol–water partition coefficient (Wildman–Crippen LogP) is 0.583. The molecule has 0 saturated carbocycles. The average Bonchev–Trinajstić information content (AvgIpc) is 2.16. The Balaban J connectivity index is 2.56. The van der Waals surface area contributed by atoms with Crippen LogP contribution >= 0.6 is 0 Å². The molecule has 4 nitrogen and oxygen atoms in total. The first-order valence-electron chi connectivity index (χ1n) is 4.93. The van der Waals surface area contributed by atoms with Crippen LogP contribution in [0.15, 0.2) is 0 Å². The van der Waals surface area contributed by atoms with Gasteiger partial charge in [-0.25, -0.2) is 12.7 Å². The smallest absolute Gasteiger partial charge is 0.391 e. The summed E-state index contributed by atoms with van der Waals surface area (Å²) in [6, 6.07) is 0. The van der Waals surface area contributed by atoms with Gasteiger partial charge in [0.1, 0.15) is 0 Å². The van der Waals surface area contributed by atoms with Crippen molar-refractivity contribution in [3.05, 3.63) is 0 Å². The first-order valence-corrected chi connectivity index (χ1v) is 6.53. The molecule has 0 aromatic rings. The van der Waals surface area contributed by atoms with E-state index in [-0.39, 0.29) is 25.9 Å². The molecule has 0 aliphatic carbocycles. The van der Waals surface area contributed by atoms with Crippen molar-refractivity contribution in [2.24, 2.45) is 5.92 Å². The Morgan fingerprint density at radius 2 is 1.75 bits per heavy atom. The molecule has 1 saturated heterocycles. The molecule has 8 heteroatoms. The van der Waals surface area contributed by atoms with Gasteiger partial charge in [-0.15, -0.1) is 0 Å². The van der Waals surface area contributed by atoms with E-state index >= 15 is 0 Å². The van der Waals surface area contributed by atoms with Crippen LogP contribution in [0.2, 0.25) is 0 Å². The minimum atomic E-state index is -4.24. The van der Waals surface area contributed by atoms with Gasteiger partial charge < -0.3 is 5.11 Å². The van der Waals surface area contributed by atoms with Gasteiger partial charge in [-0.05, 0) is 12.8 Å². The first-order chi connectivity index (χ1) is 7.27. The summed E-state index contributed by atoms with van der Waals surface area (Å²) in [7, 11) is -3.59. The number of rotatable bonds is 3. The quantitative estimate of drug-likeness (QED) is 0.808. The number of piperidine rings is 1. The second-order valence-corrected chi connectivity index (χ2v) is 5.84. The number of hydrogen-bond donors (Lipinski definition) is 1. The normalized spacial score (nSPS) is 21.2. The highest BCUT2D eigenvalue weighted by Gasteiger charge is 2.42. The maximum Gasteiger partial charge on any atom is 0.391 e. The van der Waals surface area contributed by atoms with Crippen LogP contribution < -0.4 is 0 Å². The topological polar surface area (TPSA) is 57.6 Å². The Bertz CT molecular complexity index is 320. The highest BCUT2D eigenvalue weighted by atomic mass is 32.2. The van der Waals surface area contributed by atoms with Crippen molar-refractivity contribution in [1.29, 1.82) is 0 Å². The molecule has 96 valence electrons. The molecule has 1 N–H and O–H groups in total. The van der Waals surface area contributed by atoms with Crippen molar-refractivity contribution in [2.75, 3.05) is 25.4 Å². The molecule has 0 aromatic carbocycles. The fourth-order valence-electron chi connectivity index (χ4n) is 1.71. The van der Waals surface area contributed by atoms with Gasteiger partial charge in [-0.3, -0.25) is 0 Å². The maximum absolute atomic E-state index is 12.3. The second kappa shape index (κ2) is 4.89. The number of nitrogens with zero attached hydrogens (tertiary/aromatic N) is 1. The summed E-state index contributed by atoms with van der Waals surface area (Å²) in [4.78, 5) is 0. The number of aliphatic hydroxyl groups is 1. The summed E-state index contributed by atoms with van der Waals surface area (Å²) in [5.41, 5.74) is 0. The molecule has 16 heavy (non-hydrogen) atoms. The Kier molecular flexibility index (Phi) is 4.19. The van der Waals surface area contributed by atoms with Gasteiger partial charge >= 0.3 is 6.18 Å². The van der Waals surface area contributed by atoms with Crippen molar-refractivity contribution in [2.45, 2.75) is 19.0 Å². The van der Waals surface area contributed by atoms with Crippen LogP contribution in [0.5, 0.6) is 0 Å². The number of sulfonamides is 1. The fraction of sp³-hybridized carbons (Fsp3) is 1.00. The third-order valence-corrected chi connectivity index (χ3v) is 4.51. The fourth-order valence-corrected chi connectivity index (χ4v) is 2.96. The number of aliphatic hydroxyl groups excluding tert-OH is 1. The number of halogens is 3. The molecule has 1 aliphatic rings. The summed E-state index contributed by atoms with van der Waals surface area (Å²) in [6.07, 6.45) is -4.64. The van der Waals surface area contributed by atoms with Crippen LogP contribution in [0.4, 0.5) is 13.2 Å². The van der Waals surface area contributed by atoms with Crippen molar-refractivity contribution >= 4 is 10.0 Å². The molecule has 0 spiro atoms. The van der Waals surface area contributed by atoms with Crippen molar-refractivity contribution in [3.8, 4) is 0 Å². The largest absolute Gasteiger partial charge is 0.395 e. The van der Waals surface area contributed by atoms with E-state index in [4.69, 9.17) is 5.11 Å². The lowest BCUT2D eigenvalue weighted by atomic mass is 9.98. The van der Waals surface area contributed by atoms with Crippen LogP contribution in [0.25, 0.3) is 0 Å². The van der Waals surface area contributed by atoms with Gasteiger partial charge in [0.2, 0.25) is 10.0 Å². The lowest BCUT2D eigenvalue weighted by Crippen LogP contribution is -2.43. The first kappa shape index (κ1) is 13.7. The van der Waals surface area contributed by atoms with E-state index in [0.29, 0.717) is 0 Å². The minimum absolute atomic E-state index is 0.119. The van der Waals surface area contributed by atoms with E-state index < -0.39 is 34.5 Å². The Morgan fingerprint density at radius 3 is 2.12 bits per heavy atom. The van der Waals surface area contributed by atoms with E-state index in [0.717, 1.165) is 4.31 Å². The second-order valence-electron chi connectivity index (χ2n) is 3.75. The van der Waals surface area contributed by atoms with Gasteiger partial charge in [-0.2, -0.15) is 13.2 Å². The number of alkyl halides is 3. The molecule has 0 aromatic heterocycles. The SMILES string of the molecule is O=S(=O)(CCO)N1CCC(C(F)(F)F)CC1. The van der Waals surface area contributed by atoms with Crippen LogP contribution in [-0.4, -0.2) is 49.5 Å². The Morgan fingerprint density at radius 1 is 1.25 bits per heavy atom.